The Morgan fingerprint density at radius 3 is 2.43 bits per heavy atom. The summed E-state index contributed by atoms with van der Waals surface area (Å²) in [5.41, 5.74) is 0.748. The van der Waals surface area contributed by atoms with Crippen molar-refractivity contribution in [3.05, 3.63) is 65.6 Å². The number of hydrogen-bond acceptors (Lipinski definition) is 2. The van der Waals surface area contributed by atoms with E-state index in [4.69, 9.17) is 0 Å². The highest BCUT2D eigenvalue weighted by Gasteiger charge is 2.29. The number of imidazole rings is 1. The maximum absolute atomic E-state index is 12.5. The van der Waals surface area contributed by atoms with Crippen molar-refractivity contribution in [3.63, 3.8) is 0 Å². The summed E-state index contributed by atoms with van der Waals surface area (Å²) >= 11 is 0. The molecule has 2 heterocycles. The molecule has 2 aromatic heterocycles. The van der Waals surface area contributed by atoms with Gasteiger partial charge in [0.2, 0.25) is 0 Å². The van der Waals surface area contributed by atoms with Gasteiger partial charge in [-0.1, -0.05) is 18.2 Å². The number of pyridine rings is 1. The van der Waals surface area contributed by atoms with Crippen LogP contribution < -0.4 is 0 Å². The quantitative estimate of drug-likeness (QED) is 0.783. The van der Waals surface area contributed by atoms with E-state index in [2.05, 4.69) is 4.98 Å². The van der Waals surface area contributed by atoms with E-state index in [1.54, 1.807) is 22.7 Å². The minimum Gasteiger partial charge on any atom is -0.494 e. The number of halogens is 3. The van der Waals surface area contributed by atoms with E-state index in [9.17, 15) is 18.3 Å². The zero-order valence-corrected chi connectivity index (χ0v) is 10.8. The fourth-order valence-electron chi connectivity index (χ4n) is 2.21. The number of aromatic nitrogens is 2. The molecule has 0 radical (unpaired) electrons. The highest BCUT2D eigenvalue weighted by Crippen LogP contribution is 2.29. The summed E-state index contributed by atoms with van der Waals surface area (Å²) < 4.78 is 39.1. The second-order valence-corrected chi connectivity index (χ2v) is 4.69. The predicted molar refractivity (Wildman–Crippen MR) is 71.1 cm³/mol. The van der Waals surface area contributed by atoms with Gasteiger partial charge in [-0.15, -0.1) is 0 Å². The van der Waals surface area contributed by atoms with Crippen molar-refractivity contribution >= 4 is 5.52 Å². The average molecular weight is 292 g/mol. The van der Waals surface area contributed by atoms with Crippen LogP contribution in [0, 0.1) is 0 Å². The van der Waals surface area contributed by atoms with Crippen molar-refractivity contribution in [3.8, 4) is 5.88 Å². The molecular formula is C15H11F3N2O. The zero-order valence-electron chi connectivity index (χ0n) is 10.8. The van der Waals surface area contributed by atoms with Gasteiger partial charge in [0.25, 0.3) is 0 Å². The van der Waals surface area contributed by atoms with Gasteiger partial charge in [-0.3, -0.25) is 4.40 Å². The second kappa shape index (κ2) is 4.80. The van der Waals surface area contributed by atoms with Gasteiger partial charge in [0.1, 0.15) is 5.82 Å². The number of fused-ring (bicyclic) bond motifs is 1. The van der Waals surface area contributed by atoms with Gasteiger partial charge in [0.15, 0.2) is 5.88 Å². The molecule has 21 heavy (non-hydrogen) atoms. The van der Waals surface area contributed by atoms with Gasteiger partial charge in [0, 0.05) is 6.42 Å². The second-order valence-electron chi connectivity index (χ2n) is 4.69. The third-order valence-corrected chi connectivity index (χ3v) is 3.25. The van der Waals surface area contributed by atoms with Crippen LogP contribution in [0.2, 0.25) is 0 Å². The van der Waals surface area contributed by atoms with Crippen molar-refractivity contribution < 1.29 is 18.3 Å². The lowest BCUT2D eigenvalue weighted by molar-refractivity contribution is -0.137. The fourth-order valence-corrected chi connectivity index (χ4v) is 2.21. The Balaban J connectivity index is 1.92. The molecule has 3 aromatic rings. The fraction of sp³-hybridized carbons (Fsp3) is 0.133. The van der Waals surface area contributed by atoms with Crippen LogP contribution >= 0.6 is 0 Å². The van der Waals surface area contributed by atoms with E-state index < -0.39 is 11.7 Å². The van der Waals surface area contributed by atoms with E-state index in [-0.39, 0.29) is 5.88 Å². The molecule has 0 unspecified atom stereocenters. The standard InChI is InChI=1S/C15H11F3N2O/c16-15(17,18)11-6-4-10(5-7-11)8-13-19-9-12-2-1-3-14(21)20(12)13/h1-7,9,21H,8H2. The molecule has 1 N–H and O–H groups in total. The lowest BCUT2D eigenvalue weighted by atomic mass is 10.1. The first-order chi connectivity index (χ1) is 9.95. The van der Waals surface area contributed by atoms with Crippen molar-refractivity contribution in [2.75, 3.05) is 0 Å². The highest BCUT2D eigenvalue weighted by molar-refractivity contribution is 5.49. The van der Waals surface area contributed by atoms with Crippen LogP contribution in [0.25, 0.3) is 5.52 Å². The van der Waals surface area contributed by atoms with E-state index in [1.807, 2.05) is 0 Å². The first-order valence-electron chi connectivity index (χ1n) is 6.25. The lowest BCUT2D eigenvalue weighted by Gasteiger charge is -2.08. The zero-order chi connectivity index (χ0) is 15.0. The Bertz CT molecular complexity index is 776. The van der Waals surface area contributed by atoms with Crippen LogP contribution in [0.3, 0.4) is 0 Å². The third kappa shape index (κ3) is 2.56. The summed E-state index contributed by atoms with van der Waals surface area (Å²) in [7, 11) is 0. The van der Waals surface area contributed by atoms with E-state index in [0.29, 0.717) is 17.8 Å². The summed E-state index contributed by atoms with van der Waals surface area (Å²) in [6, 6.07) is 9.96. The highest BCUT2D eigenvalue weighted by atomic mass is 19.4. The average Bonchev–Trinajstić information content (AvgIpc) is 2.83. The van der Waals surface area contributed by atoms with Gasteiger partial charge < -0.3 is 5.11 Å². The normalized spacial score (nSPS) is 12.0. The van der Waals surface area contributed by atoms with Crippen LogP contribution in [-0.2, 0) is 12.6 Å². The number of hydrogen-bond donors (Lipinski definition) is 1. The molecule has 0 atom stereocenters. The lowest BCUT2D eigenvalue weighted by Crippen LogP contribution is -2.05. The van der Waals surface area contributed by atoms with Crippen LogP contribution in [-0.4, -0.2) is 14.5 Å². The molecule has 0 aliphatic rings. The molecule has 1 aromatic carbocycles. The van der Waals surface area contributed by atoms with E-state index in [0.717, 1.165) is 17.6 Å². The molecule has 3 rings (SSSR count). The monoisotopic (exact) mass is 292 g/mol. The van der Waals surface area contributed by atoms with Crippen molar-refractivity contribution in [2.45, 2.75) is 12.6 Å². The summed E-state index contributed by atoms with van der Waals surface area (Å²) in [6.07, 6.45) is -2.39. The topological polar surface area (TPSA) is 37.5 Å². The first-order valence-corrected chi connectivity index (χ1v) is 6.25. The molecule has 6 heteroatoms. The molecule has 0 aliphatic heterocycles. The summed E-state index contributed by atoms with van der Waals surface area (Å²) in [6.45, 7) is 0. The van der Waals surface area contributed by atoms with Gasteiger partial charge in [-0.05, 0) is 29.8 Å². The Hall–Kier alpha value is -2.50. The Morgan fingerprint density at radius 2 is 1.76 bits per heavy atom. The van der Waals surface area contributed by atoms with Crippen molar-refractivity contribution in [1.82, 2.24) is 9.38 Å². The van der Waals surface area contributed by atoms with Crippen LogP contribution in [0.1, 0.15) is 17.0 Å². The number of aromatic hydroxyl groups is 1. The number of nitrogens with zero attached hydrogens (tertiary/aromatic N) is 2. The molecule has 108 valence electrons. The summed E-state index contributed by atoms with van der Waals surface area (Å²) in [4.78, 5) is 4.20. The van der Waals surface area contributed by atoms with Gasteiger partial charge in [-0.25, -0.2) is 4.98 Å². The molecule has 0 bridgehead atoms. The molecular weight excluding hydrogens is 281 g/mol. The van der Waals surface area contributed by atoms with Crippen LogP contribution in [0.4, 0.5) is 13.2 Å². The van der Waals surface area contributed by atoms with E-state index in [1.165, 1.54) is 18.2 Å². The minimum atomic E-state index is -4.34. The molecule has 0 amide bonds. The third-order valence-electron chi connectivity index (χ3n) is 3.25. The maximum atomic E-state index is 12.5. The van der Waals surface area contributed by atoms with E-state index >= 15 is 0 Å². The molecule has 0 fully saturated rings. The number of alkyl halides is 3. The first kappa shape index (κ1) is 13.5. The minimum absolute atomic E-state index is 0.0481. The summed E-state index contributed by atoms with van der Waals surface area (Å²) in [5.74, 6) is 0.620. The Kier molecular flexibility index (Phi) is 3.08. The molecule has 0 spiro atoms. The maximum Gasteiger partial charge on any atom is 0.416 e. The van der Waals surface area contributed by atoms with Crippen molar-refractivity contribution in [1.29, 1.82) is 0 Å². The molecule has 3 nitrogen and oxygen atoms in total. The SMILES string of the molecule is Oc1cccc2cnc(Cc3ccc(C(F)(F)F)cc3)n12. The predicted octanol–water partition coefficient (Wildman–Crippen LogP) is 3.65. The summed E-state index contributed by atoms with van der Waals surface area (Å²) in [5, 5.41) is 9.84. The van der Waals surface area contributed by atoms with Crippen LogP contribution in [0.5, 0.6) is 5.88 Å². The van der Waals surface area contributed by atoms with Gasteiger partial charge in [-0.2, -0.15) is 13.2 Å². The molecule has 0 saturated heterocycles. The smallest absolute Gasteiger partial charge is 0.416 e. The Labute approximate surface area is 118 Å². The number of rotatable bonds is 2. The largest absolute Gasteiger partial charge is 0.494 e. The van der Waals surface area contributed by atoms with Crippen LogP contribution in [0.15, 0.2) is 48.7 Å². The Morgan fingerprint density at radius 1 is 1.05 bits per heavy atom. The van der Waals surface area contributed by atoms with Crippen molar-refractivity contribution in [2.24, 2.45) is 0 Å². The molecule has 0 saturated carbocycles. The van der Waals surface area contributed by atoms with Gasteiger partial charge >= 0.3 is 6.18 Å². The number of benzene rings is 1. The molecule has 0 aliphatic carbocycles. The van der Waals surface area contributed by atoms with Gasteiger partial charge in [0.05, 0.1) is 17.3 Å².